The zero-order chi connectivity index (χ0) is 18.1. The van der Waals surface area contributed by atoms with Gasteiger partial charge in [-0.05, 0) is 51.2 Å². The van der Waals surface area contributed by atoms with E-state index in [9.17, 15) is 4.79 Å². The lowest BCUT2D eigenvalue weighted by Crippen LogP contribution is -2.34. The van der Waals surface area contributed by atoms with Gasteiger partial charge in [-0.3, -0.25) is 9.48 Å². The zero-order valence-electron chi connectivity index (χ0n) is 15.3. The fraction of sp³-hybridized carbons (Fsp3) is 0.400. The van der Waals surface area contributed by atoms with E-state index in [2.05, 4.69) is 24.1 Å². The van der Waals surface area contributed by atoms with Crippen molar-refractivity contribution < 1.29 is 9.21 Å². The van der Waals surface area contributed by atoms with Crippen molar-refractivity contribution >= 4 is 16.9 Å². The number of aromatic nitrogens is 2. The minimum absolute atomic E-state index is 0.0503. The molecule has 0 bridgehead atoms. The maximum absolute atomic E-state index is 13.1. The molecule has 1 aromatic carbocycles. The van der Waals surface area contributed by atoms with Crippen molar-refractivity contribution in [2.45, 2.75) is 19.5 Å². The number of benzene rings is 1. The summed E-state index contributed by atoms with van der Waals surface area (Å²) < 4.78 is 7.84. The molecular formula is C20H24N4O2. The lowest BCUT2D eigenvalue weighted by Gasteiger charge is -2.24. The van der Waals surface area contributed by atoms with Gasteiger partial charge < -0.3 is 14.2 Å². The van der Waals surface area contributed by atoms with E-state index < -0.39 is 0 Å². The fourth-order valence-corrected chi connectivity index (χ4v) is 3.55. The van der Waals surface area contributed by atoms with Crippen LogP contribution in [-0.2, 0) is 13.1 Å². The van der Waals surface area contributed by atoms with Gasteiger partial charge in [0.05, 0.1) is 12.2 Å². The predicted octanol–water partition coefficient (Wildman–Crippen LogP) is 2.85. The minimum Gasteiger partial charge on any atom is -0.451 e. The molecule has 26 heavy (non-hydrogen) atoms. The van der Waals surface area contributed by atoms with Gasteiger partial charge >= 0.3 is 0 Å². The Morgan fingerprint density at radius 2 is 2.12 bits per heavy atom. The highest BCUT2D eigenvalue weighted by atomic mass is 16.3. The van der Waals surface area contributed by atoms with Crippen molar-refractivity contribution in [1.82, 2.24) is 19.6 Å². The molecule has 136 valence electrons. The summed E-state index contributed by atoms with van der Waals surface area (Å²) in [5, 5.41) is 5.40. The standard InChI is InChI=1S/C20H24N4O2/c1-22(2)10-8-15-12-23(14-17-7-9-21-24(17)13-15)20(25)19-11-16-5-3-4-6-18(16)26-19/h3-7,9,11,15H,8,10,12-14H2,1-2H3/t15-/m0/s1. The molecule has 1 aliphatic rings. The molecule has 0 spiro atoms. The van der Waals surface area contributed by atoms with Crippen molar-refractivity contribution in [1.29, 1.82) is 0 Å². The Bertz CT molecular complexity index is 878. The normalized spacial score (nSPS) is 17.5. The molecular weight excluding hydrogens is 328 g/mol. The van der Waals surface area contributed by atoms with Gasteiger partial charge in [0.25, 0.3) is 5.91 Å². The Balaban J connectivity index is 1.59. The number of furan rings is 1. The third-order valence-electron chi connectivity index (χ3n) is 4.98. The first kappa shape index (κ1) is 16.8. The molecule has 0 fully saturated rings. The number of carbonyl (C=O) groups excluding carboxylic acids is 1. The predicted molar refractivity (Wildman–Crippen MR) is 99.8 cm³/mol. The third kappa shape index (κ3) is 3.37. The van der Waals surface area contributed by atoms with Crippen molar-refractivity contribution in [2.24, 2.45) is 5.92 Å². The van der Waals surface area contributed by atoms with E-state index in [1.807, 2.05) is 52.2 Å². The summed E-state index contributed by atoms with van der Waals surface area (Å²) in [6.45, 7) is 3.12. The van der Waals surface area contributed by atoms with Gasteiger partial charge in [-0.15, -0.1) is 0 Å². The van der Waals surface area contributed by atoms with Crippen LogP contribution in [0, 0.1) is 5.92 Å². The van der Waals surface area contributed by atoms with Crippen LogP contribution in [0.1, 0.15) is 22.7 Å². The maximum atomic E-state index is 13.1. The SMILES string of the molecule is CN(C)CC[C@H]1CN(C(=O)c2cc3ccccc3o2)Cc2ccnn2C1. The average Bonchev–Trinajstić information content (AvgIpc) is 3.21. The van der Waals surface area contributed by atoms with Gasteiger partial charge in [0.2, 0.25) is 0 Å². The van der Waals surface area contributed by atoms with Crippen LogP contribution in [0.15, 0.2) is 47.0 Å². The summed E-state index contributed by atoms with van der Waals surface area (Å²) in [5.74, 6) is 0.725. The van der Waals surface area contributed by atoms with E-state index >= 15 is 0 Å². The molecule has 0 unspecified atom stereocenters. The van der Waals surface area contributed by atoms with Crippen LogP contribution in [0.2, 0.25) is 0 Å². The summed E-state index contributed by atoms with van der Waals surface area (Å²) >= 11 is 0. The topological polar surface area (TPSA) is 54.5 Å². The van der Waals surface area contributed by atoms with Crippen LogP contribution >= 0.6 is 0 Å². The molecule has 6 heteroatoms. The first-order valence-corrected chi connectivity index (χ1v) is 9.03. The first-order chi connectivity index (χ1) is 12.6. The molecule has 1 amide bonds. The molecule has 6 nitrogen and oxygen atoms in total. The average molecular weight is 352 g/mol. The Morgan fingerprint density at radius 3 is 2.92 bits per heavy atom. The Kier molecular flexibility index (Phi) is 4.51. The molecule has 0 saturated carbocycles. The quantitative estimate of drug-likeness (QED) is 0.724. The maximum Gasteiger partial charge on any atom is 0.289 e. The van der Waals surface area contributed by atoms with Crippen LogP contribution in [0.5, 0.6) is 0 Å². The van der Waals surface area contributed by atoms with Crippen molar-refractivity contribution in [3.63, 3.8) is 0 Å². The summed E-state index contributed by atoms with van der Waals surface area (Å²) in [6.07, 6.45) is 2.84. The summed E-state index contributed by atoms with van der Waals surface area (Å²) in [5.41, 5.74) is 1.82. The molecule has 2 aromatic heterocycles. The van der Waals surface area contributed by atoms with E-state index in [1.165, 1.54) is 0 Å². The molecule has 0 N–H and O–H groups in total. The van der Waals surface area contributed by atoms with Crippen LogP contribution in [0.3, 0.4) is 0 Å². The second-order valence-corrected chi connectivity index (χ2v) is 7.30. The number of nitrogens with zero attached hydrogens (tertiary/aromatic N) is 4. The number of fused-ring (bicyclic) bond motifs is 2. The number of rotatable bonds is 4. The fourth-order valence-electron chi connectivity index (χ4n) is 3.55. The highest BCUT2D eigenvalue weighted by Gasteiger charge is 2.28. The van der Waals surface area contributed by atoms with E-state index in [1.54, 1.807) is 0 Å². The lowest BCUT2D eigenvalue weighted by atomic mass is 10.0. The Morgan fingerprint density at radius 1 is 1.27 bits per heavy atom. The van der Waals surface area contributed by atoms with E-state index in [0.29, 0.717) is 24.8 Å². The molecule has 1 aliphatic heterocycles. The van der Waals surface area contributed by atoms with Gasteiger partial charge in [0, 0.05) is 24.7 Å². The first-order valence-electron chi connectivity index (χ1n) is 9.03. The number of carbonyl (C=O) groups is 1. The Labute approximate surface area is 153 Å². The largest absolute Gasteiger partial charge is 0.451 e. The van der Waals surface area contributed by atoms with Crippen LogP contribution < -0.4 is 0 Å². The monoisotopic (exact) mass is 352 g/mol. The highest BCUT2D eigenvalue weighted by Crippen LogP contribution is 2.24. The second kappa shape index (κ2) is 6.96. The second-order valence-electron chi connectivity index (χ2n) is 7.30. The molecule has 0 radical (unpaired) electrons. The van der Waals surface area contributed by atoms with Gasteiger partial charge in [-0.2, -0.15) is 5.10 Å². The number of para-hydroxylation sites is 1. The number of amides is 1. The lowest BCUT2D eigenvalue weighted by molar-refractivity contribution is 0.0686. The van der Waals surface area contributed by atoms with Crippen LogP contribution in [0.25, 0.3) is 11.0 Å². The third-order valence-corrected chi connectivity index (χ3v) is 4.98. The van der Waals surface area contributed by atoms with Crippen molar-refractivity contribution in [3.05, 3.63) is 54.0 Å². The van der Waals surface area contributed by atoms with Crippen molar-refractivity contribution in [2.75, 3.05) is 27.2 Å². The van der Waals surface area contributed by atoms with E-state index in [4.69, 9.17) is 4.42 Å². The molecule has 1 atom stereocenters. The van der Waals surface area contributed by atoms with Crippen LogP contribution in [0.4, 0.5) is 0 Å². The summed E-state index contributed by atoms with van der Waals surface area (Å²) in [6, 6.07) is 11.6. The molecule has 3 aromatic rings. The summed E-state index contributed by atoms with van der Waals surface area (Å²) in [7, 11) is 4.15. The summed E-state index contributed by atoms with van der Waals surface area (Å²) in [4.78, 5) is 17.2. The zero-order valence-corrected chi connectivity index (χ0v) is 15.3. The van der Waals surface area contributed by atoms with Gasteiger partial charge in [0.15, 0.2) is 5.76 Å². The Hall–Kier alpha value is -2.60. The van der Waals surface area contributed by atoms with Gasteiger partial charge in [-0.25, -0.2) is 0 Å². The number of hydrogen-bond donors (Lipinski definition) is 0. The van der Waals surface area contributed by atoms with E-state index in [0.717, 1.165) is 36.2 Å². The molecule has 0 aliphatic carbocycles. The molecule has 4 rings (SSSR count). The minimum atomic E-state index is -0.0503. The molecule has 3 heterocycles. The highest BCUT2D eigenvalue weighted by molar-refractivity contribution is 5.96. The van der Waals surface area contributed by atoms with Crippen LogP contribution in [-0.4, -0.2) is 52.7 Å². The van der Waals surface area contributed by atoms with E-state index in [-0.39, 0.29) is 5.91 Å². The number of hydrogen-bond acceptors (Lipinski definition) is 4. The van der Waals surface area contributed by atoms with Gasteiger partial charge in [-0.1, -0.05) is 18.2 Å². The van der Waals surface area contributed by atoms with Crippen molar-refractivity contribution in [3.8, 4) is 0 Å². The molecule has 0 saturated heterocycles. The van der Waals surface area contributed by atoms with Gasteiger partial charge in [0.1, 0.15) is 5.58 Å². The smallest absolute Gasteiger partial charge is 0.289 e.